The highest BCUT2D eigenvalue weighted by molar-refractivity contribution is 5.72. The third-order valence-electron chi connectivity index (χ3n) is 4.05. The highest BCUT2D eigenvalue weighted by Gasteiger charge is 2.36. The Kier molecular flexibility index (Phi) is 7.42. The van der Waals surface area contributed by atoms with Gasteiger partial charge in [0.1, 0.15) is 19.0 Å². The minimum absolute atomic E-state index is 0.145. The topological polar surface area (TPSA) is 93.1 Å². The third kappa shape index (κ3) is 5.74. The number of ether oxygens (including phenoxy) is 2. The van der Waals surface area contributed by atoms with Crippen molar-refractivity contribution in [3.63, 3.8) is 0 Å². The van der Waals surface area contributed by atoms with Crippen LogP contribution in [-0.4, -0.2) is 35.4 Å². The molecule has 0 saturated carbocycles. The van der Waals surface area contributed by atoms with Crippen molar-refractivity contribution in [2.24, 2.45) is 11.8 Å². The molecule has 0 bridgehead atoms. The summed E-state index contributed by atoms with van der Waals surface area (Å²) >= 11 is 0. The van der Waals surface area contributed by atoms with Crippen LogP contribution in [0.3, 0.4) is 0 Å². The van der Waals surface area contributed by atoms with Crippen molar-refractivity contribution < 1.29 is 29.3 Å². The first-order valence-corrected chi connectivity index (χ1v) is 8.46. The van der Waals surface area contributed by atoms with E-state index in [2.05, 4.69) is 0 Å². The fraction of sp³-hybridized carbons (Fsp3) is 0.579. The van der Waals surface area contributed by atoms with Gasteiger partial charge in [0.05, 0.1) is 11.8 Å². The molecule has 2 atom stereocenters. The van der Waals surface area contributed by atoms with Crippen LogP contribution in [0.2, 0.25) is 0 Å². The zero-order valence-electron chi connectivity index (χ0n) is 15.5. The summed E-state index contributed by atoms with van der Waals surface area (Å²) in [4.78, 5) is 23.7. The lowest BCUT2D eigenvalue weighted by Crippen LogP contribution is -2.39. The molecule has 0 aliphatic heterocycles. The first-order chi connectivity index (χ1) is 11.6. The lowest BCUT2D eigenvalue weighted by Gasteiger charge is -2.29. The molecular formula is C19H28O6. The number of carbonyl (C=O) groups excluding carboxylic acids is 2. The average Bonchev–Trinajstić information content (AvgIpc) is 2.56. The molecule has 0 radical (unpaired) electrons. The highest BCUT2D eigenvalue weighted by atomic mass is 16.6. The molecule has 0 fully saturated rings. The monoisotopic (exact) mass is 352 g/mol. The van der Waals surface area contributed by atoms with E-state index in [4.69, 9.17) is 9.47 Å². The van der Waals surface area contributed by atoms with E-state index in [-0.39, 0.29) is 23.1 Å². The normalized spacial score (nSPS) is 14.7. The van der Waals surface area contributed by atoms with Crippen LogP contribution in [-0.2, 0) is 24.7 Å². The molecule has 0 saturated heterocycles. The molecule has 6 heteroatoms. The quantitative estimate of drug-likeness (QED) is 0.699. The number of aliphatic hydroxyl groups is 1. The minimum Gasteiger partial charge on any atom is -0.508 e. The summed E-state index contributed by atoms with van der Waals surface area (Å²) in [6.45, 7) is 7.89. The molecule has 0 aliphatic carbocycles. The fourth-order valence-corrected chi connectivity index (χ4v) is 2.09. The van der Waals surface area contributed by atoms with Crippen LogP contribution in [0.4, 0.5) is 0 Å². The maximum Gasteiger partial charge on any atom is 0.308 e. The second kappa shape index (κ2) is 8.85. The van der Waals surface area contributed by atoms with Gasteiger partial charge in [-0.15, -0.1) is 0 Å². The van der Waals surface area contributed by atoms with Crippen LogP contribution in [0.5, 0.6) is 5.75 Å². The van der Waals surface area contributed by atoms with Gasteiger partial charge in [-0.25, -0.2) is 0 Å². The third-order valence-corrected chi connectivity index (χ3v) is 4.05. The summed E-state index contributed by atoms with van der Waals surface area (Å²) in [5.74, 6) is -1.77. The van der Waals surface area contributed by atoms with Gasteiger partial charge in [0.15, 0.2) is 5.60 Å². The van der Waals surface area contributed by atoms with Gasteiger partial charge in [-0.3, -0.25) is 9.59 Å². The van der Waals surface area contributed by atoms with Gasteiger partial charge >= 0.3 is 11.9 Å². The average molecular weight is 352 g/mol. The predicted octanol–water partition coefficient (Wildman–Crippen LogP) is 2.68. The van der Waals surface area contributed by atoms with Crippen LogP contribution in [0.1, 0.15) is 45.2 Å². The zero-order chi connectivity index (χ0) is 19.2. The standard InChI is InChI=1S/C19H28O6/c1-6-14(5)18(22)25-11-19(23,10-24-17(21)12(2)3)15-8-7-13(4)9-16(15)20/h7-9,12,14,20,23H,6,10-11H2,1-5H3/t14-,19+/m0/s1. The summed E-state index contributed by atoms with van der Waals surface area (Å²) in [7, 11) is 0. The van der Waals surface area contributed by atoms with Crippen LogP contribution >= 0.6 is 0 Å². The first-order valence-electron chi connectivity index (χ1n) is 8.46. The van der Waals surface area contributed by atoms with E-state index in [0.29, 0.717) is 6.42 Å². The zero-order valence-corrected chi connectivity index (χ0v) is 15.5. The molecule has 0 heterocycles. The number of aryl methyl sites for hydroxylation is 1. The van der Waals surface area contributed by atoms with Gasteiger partial charge in [0.2, 0.25) is 0 Å². The molecule has 1 rings (SSSR count). The number of phenolic OH excluding ortho intramolecular Hbond substituents is 1. The van der Waals surface area contributed by atoms with E-state index < -0.39 is 30.8 Å². The molecule has 0 amide bonds. The van der Waals surface area contributed by atoms with E-state index in [1.807, 2.05) is 6.92 Å². The Morgan fingerprint density at radius 3 is 2.16 bits per heavy atom. The Labute approximate surface area is 148 Å². The van der Waals surface area contributed by atoms with Crippen molar-refractivity contribution in [1.29, 1.82) is 0 Å². The number of hydrogen-bond acceptors (Lipinski definition) is 6. The molecule has 0 aliphatic rings. The predicted molar refractivity (Wildman–Crippen MR) is 93.0 cm³/mol. The van der Waals surface area contributed by atoms with Gasteiger partial charge in [0.25, 0.3) is 0 Å². The number of aromatic hydroxyl groups is 1. The van der Waals surface area contributed by atoms with Crippen LogP contribution in [0, 0.1) is 18.8 Å². The lowest BCUT2D eigenvalue weighted by atomic mass is 9.93. The Balaban J connectivity index is 3.04. The van der Waals surface area contributed by atoms with Gasteiger partial charge in [0, 0.05) is 5.56 Å². The second-order valence-electron chi connectivity index (χ2n) is 6.73. The van der Waals surface area contributed by atoms with Crippen molar-refractivity contribution in [2.45, 2.75) is 46.6 Å². The van der Waals surface area contributed by atoms with Crippen LogP contribution < -0.4 is 0 Å². The minimum atomic E-state index is -1.83. The second-order valence-corrected chi connectivity index (χ2v) is 6.73. The molecule has 2 N–H and O–H groups in total. The van der Waals surface area contributed by atoms with Gasteiger partial charge in [-0.05, 0) is 25.0 Å². The Morgan fingerprint density at radius 1 is 1.12 bits per heavy atom. The molecule has 0 aromatic heterocycles. The van der Waals surface area contributed by atoms with E-state index in [1.54, 1.807) is 33.8 Å². The number of hydrogen-bond donors (Lipinski definition) is 2. The van der Waals surface area contributed by atoms with Gasteiger partial charge in [-0.1, -0.05) is 39.8 Å². The van der Waals surface area contributed by atoms with Crippen molar-refractivity contribution in [2.75, 3.05) is 13.2 Å². The van der Waals surface area contributed by atoms with E-state index in [9.17, 15) is 19.8 Å². The van der Waals surface area contributed by atoms with Gasteiger partial charge in [-0.2, -0.15) is 0 Å². The molecular weight excluding hydrogens is 324 g/mol. The molecule has 25 heavy (non-hydrogen) atoms. The number of rotatable bonds is 8. The van der Waals surface area contributed by atoms with Gasteiger partial charge < -0.3 is 19.7 Å². The Bertz CT molecular complexity index is 610. The van der Waals surface area contributed by atoms with Crippen molar-refractivity contribution in [1.82, 2.24) is 0 Å². The summed E-state index contributed by atoms with van der Waals surface area (Å²) in [6.07, 6.45) is 0.607. The molecule has 1 aromatic rings. The molecule has 140 valence electrons. The SMILES string of the molecule is CC[C@H](C)C(=O)OC[C@](O)(COC(=O)C(C)C)c1ccc(C)cc1O. The molecule has 1 aromatic carbocycles. The number of carbonyl (C=O) groups is 2. The van der Waals surface area contributed by atoms with E-state index >= 15 is 0 Å². The maximum atomic E-state index is 11.9. The fourth-order valence-electron chi connectivity index (χ4n) is 2.09. The van der Waals surface area contributed by atoms with Crippen molar-refractivity contribution in [3.05, 3.63) is 29.3 Å². The van der Waals surface area contributed by atoms with Crippen molar-refractivity contribution >= 4 is 11.9 Å². The largest absolute Gasteiger partial charge is 0.508 e. The van der Waals surface area contributed by atoms with Crippen LogP contribution in [0.25, 0.3) is 0 Å². The first kappa shape index (κ1) is 21.0. The summed E-state index contributed by atoms with van der Waals surface area (Å²) < 4.78 is 10.3. The van der Waals surface area contributed by atoms with Crippen LogP contribution in [0.15, 0.2) is 18.2 Å². The Hall–Kier alpha value is -2.08. The van der Waals surface area contributed by atoms with E-state index in [0.717, 1.165) is 5.56 Å². The lowest BCUT2D eigenvalue weighted by molar-refractivity contribution is -0.168. The molecule has 6 nitrogen and oxygen atoms in total. The maximum absolute atomic E-state index is 11.9. The summed E-state index contributed by atoms with van der Waals surface area (Å²) in [5.41, 5.74) is -0.878. The molecule has 0 unspecified atom stereocenters. The van der Waals surface area contributed by atoms with Crippen molar-refractivity contribution in [3.8, 4) is 5.75 Å². The van der Waals surface area contributed by atoms with E-state index in [1.165, 1.54) is 12.1 Å². The number of phenols is 1. The highest BCUT2D eigenvalue weighted by Crippen LogP contribution is 2.31. The summed E-state index contributed by atoms with van der Waals surface area (Å²) in [5, 5.41) is 21.2. The summed E-state index contributed by atoms with van der Waals surface area (Å²) in [6, 6.07) is 4.73. The Morgan fingerprint density at radius 2 is 1.68 bits per heavy atom. The number of esters is 2. The smallest absolute Gasteiger partial charge is 0.308 e. The number of benzene rings is 1. The molecule has 0 spiro atoms.